The van der Waals surface area contributed by atoms with Crippen molar-refractivity contribution in [3.8, 4) is 0 Å². The topological polar surface area (TPSA) is 74.3 Å². The summed E-state index contributed by atoms with van der Waals surface area (Å²) in [6.45, 7) is 3.93. The minimum Gasteiger partial charge on any atom is -0.358 e. The van der Waals surface area contributed by atoms with E-state index < -0.39 is 0 Å². The van der Waals surface area contributed by atoms with Crippen molar-refractivity contribution in [1.82, 2.24) is 20.5 Å². The zero-order valence-corrected chi connectivity index (χ0v) is 15.0. The molecule has 0 spiro atoms. The Hall–Kier alpha value is -1.18. The van der Waals surface area contributed by atoms with Crippen molar-refractivity contribution in [3.05, 3.63) is 16.1 Å². The summed E-state index contributed by atoms with van der Waals surface area (Å²) in [4.78, 5) is 30.3. The molecule has 2 fully saturated rings. The summed E-state index contributed by atoms with van der Waals surface area (Å²) in [5.74, 6) is 1.07. The van der Waals surface area contributed by atoms with Gasteiger partial charge in [-0.1, -0.05) is 0 Å². The van der Waals surface area contributed by atoms with Crippen LogP contribution in [0.5, 0.6) is 0 Å². The SMILES string of the molecule is CNC(=O)CN1C[C@H](NC(=O)c2csc(C)n2)[C@@H](C2CC2)C1.Cl. The Bertz CT molecular complexity index is 576. The van der Waals surface area contributed by atoms with Crippen molar-refractivity contribution in [1.29, 1.82) is 0 Å². The Kier molecular flexibility index (Phi) is 6.00. The summed E-state index contributed by atoms with van der Waals surface area (Å²) in [7, 11) is 1.65. The van der Waals surface area contributed by atoms with Gasteiger partial charge in [0.2, 0.25) is 5.91 Å². The van der Waals surface area contributed by atoms with Gasteiger partial charge < -0.3 is 10.6 Å². The van der Waals surface area contributed by atoms with Gasteiger partial charge in [0.15, 0.2) is 0 Å². The molecule has 2 aliphatic rings. The lowest BCUT2D eigenvalue weighted by Crippen LogP contribution is -2.42. The van der Waals surface area contributed by atoms with E-state index in [0.717, 1.165) is 18.1 Å². The number of amides is 2. The number of rotatable bonds is 5. The molecule has 1 aliphatic carbocycles. The number of thiazole rings is 1. The summed E-state index contributed by atoms with van der Waals surface area (Å²) in [5.41, 5.74) is 0.502. The average molecular weight is 359 g/mol. The van der Waals surface area contributed by atoms with E-state index in [4.69, 9.17) is 0 Å². The quantitative estimate of drug-likeness (QED) is 0.825. The maximum absolute atomic E-state index is 12.3. The van der Waals surface area contributed by atoms with E-state index in [2.05, 4.69) is 20.5 Å². The highest BCUT2D eigenvalue weighted by molar-refractivity contribution is 7.09. The van der Waals surface area contributed by atoms with Gasteiger partial charge in [-0.05, 0) is 31.6 Å². The van der Waals surface area contributed by atoms with Crippen LogP contribution in [-0.4, -0.2) is 54.4 Å². The number of carbonyl (C=O) groups excluding carboxylic acids is 2. The predicted octanol–water partition coefficient (Wildman–Crippen LogP) is 1.06. The highest BCUT2D eigenvalue weighted by Crippen LogP contribution is 2.41. The van der Waals surface area contributed by atoms with Crippen LogP contribution in [0.15, 0.2) is 5.38 Å². The van der Waals surface area contributed by atoms with Crippen molar-refractivity contribution in [3.63, 3.8) is 0 Å². The number of halogens is 1. The lowest BCUT2D eigenvalue weighted by Gasteiger charge is -2.18. The summed E-state index contributed by atoms with van der Waals surface area (Å²) < 4.78 is 0. The Morgan fingerprint density at radius 2 is 2.13 bits per heavy atom. The van der Waals surface area contributed by atoms with Crippen LogP contribution in [-0.2, 0) is 4.79 Å². The fourth-order valence-corrected chi connectivity index (χ4v) is 3.78. The minimum atomic E-state index is -0.0956. The highest BCUT2D eigenvalue weighted by Gasteiger charge is 2.43. The van der Waals surface area contributed by atoms with Gasteiger partial charge in [0, 0.05) is 31.6 Å². The number of aromatic nitrogens is 1. The first-order valence-electron chi connectivity index (χ1n) is 7.72. The van der Waals surface area contributed by atoms with Crippen LogP contribution < -0.4 is 10.6 Å². The maximum atomic E-state index is 12.3. The summed E-state index contributed by atoms with van der Waals surface area (Å²) in [6, 6.07) is 0.117. The van der Waals surface area contributed by atoms with Crippen molar-refractivity contribution in [2.24, 2.45) is 11.8 Å². The normalized spacial score (nSPS) is 24.1. The lowest BCUT2D eigenvalue weighted by molar-refractivity contribution is -0.121. The Balaban J connectivity index is 0.00000192. The molecule has 1 saturated carbocycles. The molecule has 1 saturated heterocycles. The molecule has 3 rings (SSSR count). The van der Waals surface area contributed by atoms with E-state index in [0.29, 0.717) is 24.1 Å². The van der Waals surface area contributed by atoms with Crippen molar-refractivity contribution >= 4 is 35.6 Å². The first kappa shape index (κ1) is 18.2. The number of hydrogen-bond donors (Lipinski definition) is 2. The number of nitrogens with one attached hydrogen (secondary N) is 2. The van der Waals surface area contributed by atoms with Crippen LogP contribution in [0, 0.1) is 18.8 Å². The molecule has 1 aromatic heterocycles. The van der Waals surface area contributed by atoms with Gasteiger partial charge in [-0.25, -0.2) is 4.98 Å². The second kappa shape index (κ2) is 7.59. The standard InChI is InChI=1S/C15H22N4O2S.ClH/c1-9-17-13(8-22-9)15(21)18-12-6-19(7-14(20)16-2)5-11(12)10-3-4-10;/h8,10-12H,3-7H2,1-2H3,(H,16,20)(H,18,21);1H/t11-,12+;/m1./s1. The first-order valence-corrected chi connectivity index (χ1v) is 8.60. The van der Waals surface area contributed by atoms with Crippen molar-refractivity contribution < 1.29 is 9.59 Å². The number of likely N-dealkylation sites (tertiary alicyclic amines) is 1. The number of hydrogen-bond acceptors (Lipinski definition) is 5. The zero-order chi connectivity index (χ0) is 15.7. The molecule has 2 N–H and O–H groups in total. The molecule has 0 radical (unpaired) electrons. The Morgan fingerprint density at radius 1 is 1.39 bits per heavy atom. The molecule has 0 unspecified atom stereocenters. The average Bonchev–Trinajstić information content (AvgIpc) is 3.13. The minimum absolute atomic E-state index is 0. The van der Waals surface area contributed by atoms with Crippen LogP contribution in [0.25, 0.3) is 0 Å². The van der Waals surface area contributed by atoms with Crippen molar-refractivity contribution in [2.75, 3.05) is 26.7 Å². The predicted molar refractivity (Wildman–Crippen MR) is 92.1 cm³/mol. The highest BCUT2D eigenvalue weighted by atomic mass is 35.5. The van der Waals surface area contributed by atoms with Gasteiger partial charge in [-0.15, -0.1) is 23.7 Å². The summed E-state index contributed by atoms with van der Waals surface area (Å²) in [6.07, 6.45) is 2.47. The lowest BCUT2D eigenvalue weighted by atomic mass is 9.98. The number of likely N-dealkylation sites (N-methyl/N-ethyl adjacent to an activating group) is 1. The largest absolute Gasteiger partial charge is 0.358 e. The molecular weight excluding hydrogens is 336 g/mol. The van der Waals surface area contributed by atoms with E-state index in [-0.39, 0.29) is 30.3 Å². The molecule has 0 bridgehead atoms. The van der Waals surface area contributed by atoms with Gasteiger partial charge in [-0.3, -0.25) is 14.5 Å². The second-order valence-electron chi connectivity index (χ2n) is 6.20. The summed E-state index contributed by atoms with van der Waals surface area (Å²) in [5, 5.41) is 8.49. The smallest absolute Gasteiger partial charge is 0.271 e. The molecule has 2 atom stereocenters. The Morgan fingerprint density at radius 3 is 2.70 bits per heavy atom. The van der Waals surface area contributed by atoms with E-state index in [1.54, 1.807) is 12.4 Å². The van der Waals surface area contributed by atoms with E-state index >= 15 is 0 Å². The monoisotopic (exact) mass is 358 g/mol. The third-order valence-corrected chi connectivity index (χ3v) is 5.26. The zero-order valence-electron chi connectivity index (χ0n) is 13.4. The third-order valence-electron chi connectivity index (χ3n) is 4.48. The van der Waals surface area contributed by atoms with E-state index in [1.165, 1.54) is 24.2 Å². The number of carbonyl (C=O) groups is 2. The molecule has 2 amide bonds. The van der Waals surface area contributed by atoms with Gasteiger partial charge in [-0.2, -0.15) is 0 Å². The van der Waals surface area contributed by atoms with E-state index in [1.807, 2.05) is 6.92 Å². The molecular formula is C15H23ClN4O2S. The molecule has 1 aromatic rings. The molecule has 6 nitrogen and oxygen atoms in total. The van der Waals surface area contributed by atoms with Gasteiger partial charge in [0.25, 0.3) is 5.91 Å². The molecule has 1 aliphatic heterocycles. The molecule has 0 aromatic carbocycles. The second-order valence-corrected chi connectivity index (χ2v) is 7.26. The molecule has 8 heteroatoms. The van der Waals surface area contributed by atoms with Crippen LogP contribution in [0.4, 0.5) is 0 Å². The molecule has 128 valence electrons. The van der Waals surface area contributed by atoms with E-state index in [9.17, 15) is 9.59 Å². The first-order chi connectivity index (χ1) is 10.6. The van der Waals surface area contributed by atoms with Crippen LogP contribution >= 0.6 is 23.7 Å². The van der Waals surface area contributed by atoms with Crippen molar-refractivity contribution in [2.45, 2.75) is 25.8 Å². The van der Waals surface area contributed by atoms with Gasteiger partial charge in [0.1, 0.15) is 5.69 Å². The van der Waals surface area contributed by atoms with Crippen LogP contribution in [0.1, 0.15) is 28.3 Å². The fraction of sp³-hybridized carbons (Fsp3) is 0.667. The fourth-order valence-electron chi connectivity index (χ4n) is 3.19. The summed E-state index contributed by atoms with van der Waals surface area (Å²) >= 11 is 1.49. The van der Waals surface area contributed by atoms with Crippen LogP contribution in [0.3, 0.4) is 0 Å². The maximum Gasteiger partial charge on any atom is 0.271 e. The number of nitrogens with zero attached hydrogens (tertiary/aromatic N) is 2. The number of aryl methyl sites for hydroxylation is 1. The van der Waals surface area contributed by atoms with Gasteiger partial charge >= 0.3 is 0 Å². The third kappa shape index (κ3) is 4.43. The van der Waals surface area contributed by atoms with Gasteiger partial charge in [0.05, 0.1) is 11.6 Å². The molecule has 23 heavy (non-hydrogen) atoms. The van der Waals surface area contributed by atoms with Crippen LogP contribution in [0.2, 0.25) is 0 Å². The molecule has 2 heterocycles. The Labute approximate surface area is 146 Å².